The molecule has 1 nitrogen and oxygen atoms in total. The van der Waals surface area contributed by atoms with Crippen LogP contribution in [0.5, 0.6) is 0 Å². The minimum atomic E-state index is 0.833. The Hall–Kier alpha value is -2.38. The highest BCUT2D eigenvalue weighted by Crippen LogP contribution is 2.33. The lowest BCUT2D eigenvalue weighted by molar-refractivity contribution is 0.119. The van der Waals surface area contributed by atoms with E-state index in [1.807, 2.05) is 0 Å². The molecule has 0 unspecified atom stereocenters. The van der Waals surface area contributed by atoms with Crippen molar-refractivity contribution >= 4 is 16.3 Å². The Kier molecular flexibility index (Phi) is 3.95. The molecule has 4 rings (SSSR count). The number of rotatable bonds is 2. The van der Waals surface area contributed by atoms with E-state index in [-0.39, 0.29) is 0 Å². The van der Waals surface area contributed by atoms with E-state index >= 15 is 0 Å². The molecule has 0 N–H and O–H groups in total. The van der Waals surface area contributed by atoms with Gasteiger partial charge in [0.25, 0.3) is 0 Å². The van der Waals surface area contributed by atoms with Gasteiger partial charge in [-0.05, 0) is 46.4 Å². The molecule has 23 heavy (non-hydrogen) atoms. The second-order valence-electron chi connectivity index (χ2n) is 6.02. The highest BCUT2D eigenvalue weighted by Gasteiger charge is 2.15. The zero-order chi connectivity index (χ0) is 15.5. The van der Waals surface area contributed by atoms with Crippen LogP contribution < -0.4 is 0 Å². The first-order valence-corrected chi connectivity index (χ1v) is 8.26. The van der Waals surface area contributed by atoms with Gasteiger partial charge in [0.1, 0.15) is 0 Å². The highest BCUT2D eigenvalue weighted by molar-refractivity contribution is 5.90. The first-order chi connectivity index (χ1) is 11.4. The van der Waals surface area contributed by atoms with Crippen molar-refractivity contribution in [1.29, 1.82) is 0 Å². The SMILES string of the molecule is c1ccc(C(=C2CCOCC2)c2ccc3ccccc3c2)cc1. The summed E-state index contributed by atoms with van der Waals surface area (Å²) in [7, 11) is 0. The lowest BCUT2D eigenvalue weighted by atomic mass is 9.88. The molecule has 1 saturated heterocycles. The van der Waals surface area contributed by atoms with Gasteiger partial charge in [-0.2, -0.15) is 0 Å². The fourth-order valence-electron chi connectivity index (χ4n) is 3.39. The molecule has 0 amide bonds. The average Bonchev–Trinajstić information content (AvgIpc) is 2.64. The van der Waals surface area contributed by atoms with Crippen LogP contribution in [0.15, 0.2) is 78.4 Å². The molecule has 0 saturated carbocycles. The third kappa shape index (κ3) is 2.93. The van der Waals surface area contributed by atoms with Gasteiger partial charge in [0.2, 0.25) is 0 Å². The van der Waals surface area contributed by atoms with E-state index in [2.05, 4.69) is 72.8 Å². The van der Waals surface area contributed by atoms with E-state index < -0.39 is 0 Å². The third-order valence-electron chi connectivity index (χ3n) is 4.55. The summed E-state index contributed by atoms with van der Waals surface area (Å²) >= 11 is 0. The molecule has 0 radical (unpaired) electrons. The van der Waals surface area contributed by atoms with Gasteiger partial charge in [-0.1, -0.05) is 72.3 Å². The molecule has 0 aliphatic carbocycles. The molecule has 3 aromatic rings. The summed E-state index contributed by atoms with van der Waals surface area (Å²) in [6, 6.07) is 26.1. The first kappa shape index (κ1) is 14.2. The number of hydrogen-bond acceptors (Lipinski definition) is 1. The maximum Gasteiger partial charge on any atom is 0.0503 e. The predicted molar refractivity (Wildman–Crippen MR) is 96.5 cm³/mol. The van der Waals surface area contributed by atoms with Crippen LogP contribution >= 0.6 is 0 Å². The Balaban J connectivity index is 1.90. The predicted octanol–water partition coefficient (Wildman–Crippen LogP) is 5.45. The summed E-state index contributed by atoms with van der Waals surface area (Å²) in [5, 5.41) is 2.59. The molecule has 0 spiro atoms. The molecule has 0 bridgehead atoms. The zero-order valence-corrected chi connectivity index (χ0v) is 13.2. The first-order valence-electron chi connectivity index (χ1n) is 8.26. The van der Waals surface area contributed by atoms with Crippen molar-refractivity contribution < 1.29 is 4.74 Å². The number of hydrogen-bond donors (Lipinski definition) is 0. The monoisotopic (exact) mass is 300 g/mol. The van der Waals surface area contributed by atoms with E-state index in [4.69, 9.17) is 4.74 Å². The number of ether oxygens (including phenoxy) is 1. The molecule has 1 fully saturated rings. The summed E-state index contributed by atoms with van der Waals surface area (Å²) in [6.07, 6.45) is 2.05. The summed E-state index contributed by atoms with van der Waals surface area (Å²) < 4.78 is 5.56. The zero-order valence-electron chi connectivity index (χ0n) is 13.2. The molecular formula is C22H20O. The van der Waals surface area contributed by atoms with Gasteiger partial charge < -0.3 is 4.74 Å². The number of benzene rings is 3. The van der Waals surface area contributed by atoms with Gasteiger partial charge in [0.05, 0.1) is 13.2 Å². The van der Waals surface area contributed by atoms with E-state index in [0.717, 1.165) is 26.1 Å². The number of fused-ring (bicyclic) bond motifs is 1. The van der Waals surface area contributed by atoms with E-state index in [1.165, 1.54) is 33.0 Å². The average molecular weight is 300 g/mol. The van der Waals surface area contributed by atoms with Crippen molar-refractivity contribution in [1.82, 2.24) is 0 Å². The Morgan fingerprint density at radius 3 is 2.13 bits per heavy atom. The van der Waals surface area contributed by atoms with Crippen LogP contribution in [-0.4, -0.2) is 13.2 Å². The van der Waals surface area contributed by atoms with E-state index in [1.54, 1.807) is 0 Å². The normalized spacial score (nSPS) is 14.9. The van der Waals surface area contributed by atoms with Crippen molar-refractivity contribution in [3.63, 3.8) is 0 Å². The van der Waals surface area contributed by atoms with Crippen molar-refractivity contribution in [2.45, 2.75) is 12.8 Å². The van der Waals surface area contributed by atoms with Crippen LogP contribution in [0, 0.1) is 0 Å². The fraction of sp³-hybridized carbons (Fsp3) is 0.182. The van der Waals surface area contributed by atoms with Crippen molar-refractivity contribution in [3.8, 4) is 0 Å². The van der Waals surface area contributed by atoms with Crippen molar-refractivity contribution in [2.24, 2.45) is 0 Å². The largest absolute Gasteiger partial charge is 0.381 e. The summed E-state index contributed by atoms with van der Waals surface area (Å²) in [6.45, 7) is 1.67. The molecule has 1 heterocycles. The van der Waals surface area contributed by atoms with Crippen LogP contribution in [0.3, 0.4) is 0 Å². The Bertz CT molecular complexity index is 838. The summed E-state index contributed by atoms with van der Waals surface area (Å²) in [4.78, 5) is 0. The Morgan fingerprint density at radius 2 is 1.35 bits per heavy atom. The Morgan fingerprint density at radius 1 is 0.652 bits per heavy atom. The van der Waals surface area contributed by atoms with Gasteiger partial charge >= 0.3 is 0 Å². The summed E-state index contributed by atoms with van der Waals surface area (Å²) in [5.41, 5.74) is 5.52. The van der Waals surface area contributed by atoms with Crippen LogP contribution in [0.1, 0.15) is 24.0 Å². The standard InChI is InChI=1S/C22H20O/c1-2-7-18(8-3-1)22(19-12-14-23-15-13-19)21-11-10-17-6-4-5-9-20(17)16-21/h1-11,16H,12-15H2. The highest BCUT2D eigenvalue weighted by atomic mass is 16.5. The molecule has 114 valence electrons. The maximum atomic E-state index is 5.56. The second-order valence-corrected chi connectivity index (χ2v) is 6.02. The maximum absolute atomic E-state index is 5.56. The lowest BCUT2D eigenvalue weighted by Gasteiger charge is -2.21. The van der Waals surface area contributed by atoms with Crippen LogP contribution in [-0.2, 0) is 4.74 Å². The van der Waals surface area contributed by atoms with Gasteiger partial charge in [-0.15, -0.1) is 0 Å². The van der Waals surface area contributed by atoms with E-state index in [0.29, 0.717) is 0 Å². The van der Waals surface area contributed by atoms with Crippen LogP contribution in [0.2, 0.25) is 0 Å². The van der Waals surface area contributed by atoms with Crippen molar-refractivity contribution in [2.75, 3.05) is 13.2 Å². The third-order valence-corrected chi connectivity index (χ3v) is 4.55. The second kappa shape index (κ2) is 6.39. The molecule has 1 heteroatoms. The minimum absolute atomic E-state index is 0.833. The van der Waals surface area contributed by atoms with Gasteiger partial charge in [0, 0.05) is 0 Å². The minimum Gasteiger partial charge on any atom is -0.381 e. The molecule has 0 aromatic heterocycles. The molecular weight excluding hydrogens is 280 g/mol. The van der Waals surface area contributed by atoms with Gasteiger partial charge in [-0.25, -0.2) is 0 Å². The van der Waals surface area contributed by atoms with Crippen LogP contribution in [0.25, 0.3) is 16.3 Å². The molecule has 1 aliphatic rings. The van der Waals surface area contributed by atoms with Crippen molar-refractivity contribution in [3.05, 3.63) is 89.5 Å². The van der Waals surface area contributed by atoms with E-state index in [9.17, 15) is 0 Å². The molecule has 1 aliphatic heterocycles. The fourth-order valence-corrected chi connectivity index (χ4v) is 3.39. The summed E-state index contributed by atoms with van der Waals surface area (Å²) in [5.74, 6) is 0. The van der Waals surface area contributed by atoms with Crippen LogP contribution in [0.4, 0.5) is 0 Å². The topological polar surface area (TPSA) is 9.23 Å². The van der Waals surface area contributed by atoms with Gasteiger partial charge in [-0.3, -0.25) is 0 Å². The Labute approximate surface area is 137 Å². The molecule has 0 atom stereocenters. The van der Waals surface area contributed by atoms with Gasteiger partial charge in [0.15, 0.2) is 0 Å². The lowest BCUT2D eigenvalue weighted by Crippen LogP contribution is -2.09. The molecule has 3 aromatic carbocycles. The smallest absolute Gasteiger partial charge is 0.0503 e. The quantitative estimate of drug-likeness (QED) is 0.611.